The smallest absolute Gasteiger partial charge is 0.126 e. The second kappa shape index (κ2) is 3.28. The minimum atomic E-state index is -0.702. The molecule has 1 aromatic carbocycles. The van der Waals surface area contributed by atoms with E-state index in [1.54, 1.807) is 0 Å². The normalized spacial score (nSPS) is 20.9. The Balaban J connectivity index is 2.41. The lowest BCUT2D eigenvalue weighted by Gasteiger charge is -2.49. The molecule has 0 heterocycles. The van der Waals surface area contributed by atoms with E-state index in [4.69, 9.17) is 0 Å². The van der Waals surface area contributed by atoms with Gasteiger partial charge < -0.3 is 0 Å². The third kappa shape index (κ3) is 1.69. The van der Waals surface area contributed by atoms with Crippen LogP contribution in [0.2, 0.25) is 0 Å². The highest BCUT2D eigenvalue weighted by atomic mass is 19.1. The van der Waals surface area contributed by atoms with Gasteiger partial charge in [-0.15, -0.1) is 0 Å². The van der Waals surface area contributed by atoms with Gasteiger partial charge in [0.25, 0.3) is 0 Å². The molecule has 2 rings (SSSR count). The van der Waals surface area contributed by atoms with Crippen molar-refractivity contribution in [2.75, 3.05) is 0 Å². The Bertz CT molecular complexity index is 443. The number of nitrogens with zero attached hydrogens (tertiary/aromatic N) is 1. The minimum Gasteiger partial charge on any atom is -0.207 e. The summed E-state index contributed by atoms with van der Waals surface area (Å²) in [5.41, 5.74) is -0.155. The lowest BCUT2D eigenvalue weighted by atomic mass is 9.52. The highest BCUT2D eigenvalue weighted by Gasteiger charge is 2.51. The summed E-state index contributed by atoms with van der Waals surface area (Å²) >= 11 is 0. The highest BCUT2D eigenvalue weighted by molar-refractivity contribution is 5.37. The Morgan fingerprint density at radius 2 is 1.62 bits per heavy atom. The van der Waals surface area contributed by atoms with Gasteiger partial charge in [0.2, 0.25) is 0 Å². The van der Waals surface area contributed by atoms with Crippen LogP contribution in [0, 0.1) is 28.4 Å². The van der Waals surface area contributed by atoms with E-state index in [0.29, 0.717) is 18.4 Å². The van der Waals surface area contributed by atoms with E-state index in [1.165, 1.54) is 12.1 Å². The molecule has 16 heavy (non-hydrogen) atoms. The molecule has 1 fully saturated rings. The van der Waals surface area contributed by atoms with Crippen molar-refractivity contribution in [3.8, 4) is 6.07 Å². The molecule has 1 aromatic rings. The van der Waals surface area contributed by atoms with Crippen LogP contribution in [0.4, 0.5) is 8.78 Å². The van der Waals surface area contributed by atoms with E-state index >= 15 is 0 Å². The van der Waals surface area contributed by atoms with Gasteiger partial charge in [-0.2, -0.15) is 5.26 Å². The molecule has 0 saturated heterocycles. The Morgan fingerprint density at radius 1 is 1.12 bits per heavy atom. The number of benzene rings is 1. The standard InChI is InChI=1S/C13H13F2N/c1-12(2)6-13(7-12,8-16)9-3-10(14)5-11(15)4-9/h3-5H,6-7H2,1-2H3. The molecule has 0 unspecified atom stereocenters. The van der Waals surface area contributed by atoms with Crippen LogP contribution in [0.1, 0.15) is 32.3 Å². The monoisotopic (exact) mass is 221 g/mol. The highest BCUT2D eigenvalue weighted by Crippen LogP contribution is 2.55. The van der Waals surface area contributed by atoms with Crippen molar-refractivity contribution in [1.82, 2.24) is 0 Å². The number of nitriles is 1. The topological polar surface area (TPSA) is 23.8 Å². The summed E-state index contributed by atoms with van der Waals surface area (Å²) in [6.45, 7) is 4.11. The fraction of sp³-hybridized carbons (Fsp3) is 0.462. The van der Waals surface area contributed by atoms with Gasteiger partial charge in [0.15, 0.2) is 0 Å². The van der Waals surface area contributed by atoms with Gasteiger partial charge in [0, 0.05) is 6.07 Å². The summed E-state index contributed by atoms with van der Waals surface area (Å²) in [5, 5.41) is 9.21. The third-order valence-corrected chi connectivity index (χ3v) is 3.19. The van der Waals surface area contributed by atoms with Crippen LogP contribution < -0.4 is 0 Å². The van der Waals surface area contributed by atoms with Crippen LogP contribution in [-0.4, -0.2) is 0 Å². The molecule has 1 nitrogen and oxygen atoms in total. The lowest BCUT2D eigenvalue weighted by Crippen LogP contribution is -2.45. The van der Waals surface area contributed by atoms with Crippen molar-refractivity contribution in [1.29, 1.82) is 5.26 Å². The number of hydrogen-bond acceptors (Lipinski definition) is 1. The summed E-state index contributed by atoms with van der Waals surface area (Å²) in [5.74, 6) is -1.23. The first kappa shape index (κ1) is 11.1. The first-order chi connectivity index (χ1) is 7.37. The summed E-state index contributed by atoms with van der Waals surface area (Å²) < 4.78 is 26.2. The first-order valence-electron chi connectivity index (χ1n) is 5.25. The van der Waals surface area contributed by atoms with Crippen molar-refractivity contribution < 1.29 is 8.78 Å². The fourth-order valence-corrected chi connectivity index (χ4v) is 2.76. The zero-order chi connectivity index (χ0) is 12.0. The average Bonchev–Trinajstić information content (AvgIpc) is 2.11. The molecule has 0 aromatic heterocycles. The van der Waals surface area contributed by atoms with E-state index in [-0.39, 0.29) is 5.41 Å². The molecule has 1 saturated carbocycles. The SMILES string of the molecule is CC1(C)CC(C#N)(c2cc(F)cc(F)c2)C1. The van der Waals surface area contributed by atoms with Crippen LogP contribution in [0.25, 0.3) is 0 Å². The number of rotatable bonds is 1. The maximum atomic E-state index is 13.1. The van der Waals surface area contributed by atoms with Crippen LogP contribution in [0.15, 0.2) is 18.2 Å². The minimum absolute atomic E-state index is 0.0819. The molecule has 3 heteroatoms. The predicted octanol–water partition coefficient (Wildman–Crippen LogP) is 3.55. The Kier molecular flexibility index (Phi) is 2.27. The van der Waals surface area contributed by atoms with Gasteiger partial charge in [-0.25, -0.2) is 8.78 Å². The van der Waals surface area contributed by atoms with E-state index in [1.807, 2.05) is 0 Å². The molecule has 0 atom stereocenters. The van der Waals surface area contributed by atoms with E-state index < -0.39 is 17.0 Å². The number of hydrogen-bond donors (Lipinski definition) is 0. The van der Waals surface area contributed by atoms with Crippen LogP contribution in [-0.2, 0) is 5.41 Å². The second-order valence-electron chi connectivity index (χ2n) is 5.37. The van der Waals surface area contributed by atoms with Crippen molar-refractivity contribution in [3.63, 3.8) is 0 Å². The van der Waals surface area contributed by atoms with Crippen LogP contribution in [0.3, 0.4) is 0 Å². The molecule has 0 N–H and O–H groups in total. The molecule has 1 aliphatic carbocycles. The largest absolute Gasteiger partial charge is 0.207 e. The summed E-state index contributed by atoms with van der Waals surface area (Å²) in [6.07, 6.45) is 1.30. The van der Waals surface area contributed by atoms with Crippen molar-refractivity contribution in [2.45, 2.75) is 32.1 Å². The Hall–Kier alpha value is -1.43. The summed E-state index contributed by atoms with van der Waals surface area (Å²) in [6, 6.07) is 5.57. The summed E-state index contributed by atoms with van der Waals surface area (Å²) in [7, 11) is 0. The lowest BCUT2D eigenvalue weighted by molar-refractivity contribution is 0.0994. The average molecular weight is 221 g/mol. The molecule has 0 radical (unpaired) electrons. The third-order valence-electron chi connectivity index (χ3n) is 3.19. The molecule has 1 aliphatic rings. The second-order valence-corrected chi connectivity index (χ2v) is 5.37. The van der Waals surface area contributed by atoms with Crippen molar-refractivity contribution >= 4 is 0 Å². The van der Waals surface area contributed by atoms with Gasteiger partial charge in [0.1, 0.15) is 11.6 Å². The fourth-order valence-electron chi connectivity index (χ4n) is 2.76. The van der Waals surface area contributed by atoms with Gasteiger partial charge >= 0.3 is 0 Å². The zero-order valence-electron chi connectivity index (χ0n) is 9.35. The molecule has 0 spiro atoms. The van der Waals surface area contributed by atoms with Crippen molar-refractivity contribution in [2.24, 2.45) is 5.41 Å². The van der Waals surface area contributed by atoms with E-state index in [2.05, 4.69) is 19.9 Å². The van der Waals surface area contributed by atoms with Crippen molar-refractivity contribution in [3.05, 3.63) is 35.4 Å². The molecular weight excluding hydrogens is 208 g/mol. The molecule has 0 bridgehead atoms. The zero-order valence-corrected chi connectivity index (χ0v) is 9.35. The van der Waals surface area contributed by atoms with Crippen LogP contribution in [0.5, 0.6) is 0 Å². The predicted molar refractivity (Wildman–Crippen MR) is 56.7 cm³/mol. The van der Waals surface area contributed by atoms with E-state index in [0.717, 1.165) is 6.07 Å². The van der Waals surface area contributed by atoms with Crippen LogP contribution >= 0.6 is 0 Å². The van der Waals surface area contributed by atoms with Gasteiger partial charge in [-0.1, -0.05) is 13.8 Å². The quantitative estimate of drug-likeness (QED) is 0.711. The van der Waals surface area contributed by atoms with Gasteiger partial charge in [-0.05, 0) is 36.0 Å². The summed E-state index contributed by atoms with van der Waals surface area (Å²) in [4.78, 5) is 0. The molecule has 84 valence electrons. The molecular formula is C13H13F2N. The Labute approximate surface area is 93.7 Å². The number of halogens is 2. The van der Waals surface area contributed by atoms with Gasteiger partial charge in [-0.3, -0.25) is 0 Å². The van der Waals surface area contributed by atoms with E-state index in [9.17, 15) is 14.0 Å². The Morgan fingerprint density at radius 3 is 2.00 bits per heavy atom. The molecule has 0 amide bonds. The molecule has 0 aliphatic heterocycles. The maximum absolute atomic E-state index is 13.1. The first-order valence-corrected chi connectivity index (χ1v) is 5.25. The van der Waals surface area contributed by atoms with Gasteiger partial charge in [0.05, 0.1) is 11.5 Å². The maximum Gasteiger partial charge on any atom is 0.126 e.